The monoisotopic (exact) mass is 478 g/mol. The van der Waals surface area contributed by atoms with E-state index < -0.39 is 78.6 Å². The van der Waals surface area contributed by atoms with Crippen molar-refractivity contribution < 1.29 is 44.1 Å². The number of aliphatic carboxylic acids is 3. The molecule has 0 aromatic rings. The van der Waals surface area contributed by atoms with E-state index in [-0.39, 0.29) is 12.2 Å². The summed E-state index contributed by atoms with van der Waals surface area (Å²) in [4.78, 5) is 70.3. The van der Waals surface area contributed by atoms with Crippen LogP contribution in [0.15, 0.2) is 0 Å². The quantitative estimate of drug-likeness (QED) is 0.123. The molecule has 0 spiro atoms. The van der Waals surface area contributed by atoms with Crippen LogP contribution in [0.2, 0.25) is 0 Å². The Morgan fingerprint density at radius 2 is 1.44 bits per heavy atom. The summed E-state index contributed by atoms with van der Waals surface area (Å²) >= 11 is 3.86. The molecule has 0 saturated heterocycles. The highest BCUT2D eigenvalue weighted by atomic mass is 32.1. The van der Waals surface area contributed by atoms with Gasteiger partial charge in [0.05, 0.1) is 12.5 Å². The van der Waals surface area contributed by atoms with E-state index >= 15 is 0 Å². The highest BCUT2D eigenvalue weighted by molar-refractivity contribution is 7.80. The zero-order chi connectivity index (χ0) is 25.0. The van der Waals surface area contributed by atoms with Crippen molar-refractivity contribution in [1.29, 1.82) is 0 Å². The van der Waals surface area contributed by atoms with Crippen molar-refractivity contribution >= 4 is 48.3 Å². The van der Waals surface area contributed by atoms with Crippen molar-refractivity contribution in [1.82, 2.24) is 16.0 Å². The molecule has 3 amide bonds. The molecule has 0 bridgehead atoms. The lowest BCUT2D eigenvalue weighted by atomic mass is 9.97. The third kappa shape index (κ3) is 10.4. The topological polar surface area (TPSA) is 225 Å². The van der Waals surface area contributed by atoms with Crippen LogP contribution in [-0.4, -0.2) is 80.9 Å². The average molecular weight is 479 g/mol. The predicted molar refractivity (Wildman–Crippen MR) is 114 cm³/mol. The van der Waals surface area contributed by atoms with Crippen LogP contribution in [0.3, 0.4) is 0 Å². The lowest BCUT2D eigenvalue weighted by Crippen LogP contribution is -2.59. The number of carboxylic acid groups (broad SMARTS) is 3. The molecular weight excluding hydrogens is 448 g/mol. The Hall–Kier alpha value is -2.87. The Balaban J connectivity index is 5.46. The molecule has 182 valence electrons. The van der Waals surface area contributed by atoms with Crippen molar-refractivity contribution in [2.45, 2.75) is 63.7 Å². The van der Waals surface area contributed by atoms with Gasteiger partial charge in [0.25, 0.3) is 0 Å². The number of carbonyl (C=O) groups is 6. The van der Waals surface area contributed by atoms with Crippen molar-refractivity contribution in [3.8, 4) is 0 Å². The van der Waals surface area contributed by atoms with Crippen LogP contribution in [0, 0.1) is 5.92 Å². The molecule has 0 fully saturated rings. The molecule has 5 atom stereocenters. The first kappa shape index (κ1) is 29.1. The lowest BCUT2D eigenvalue weighted by molar-refractivity contribution is -0.143. The van der Waals surface area contributed by atoms with Gasteiger partial charge >= 0.3 is 17.9 Å². The second-order valence-electron chi connectivity index (χ2n) is 7.15. The minimum atomic E-state index is -1.60. The first-order chi connectivity index (χ1) is 14.8. The van der Waals surface area contributed by atoms with Gasteiger partial charge in [-0.15, -0.1) is 0 Å². The summed E-state index contributed by atoms with van der Waals surface area (Å²) in [5.41, 5.74) is 5.58. The molecule has 13 nitrogen and oxygen atoms in total. The summed E-state index contributed by atoms with van der Waals surface area (Å²) < 4.78 is 0. The van der Waals surface area contributed by atoms with E-state index in [0.717, 1.165) is 0 Å². The molecule has 0 radical (unpaired) electrons. The van der Waals surface area contributed by atoms with E-state index in [1.165, 1.54) is 0 Å². The van der Waals surface area contributed by atoms with Crippen LogP contribution in [0.25, 0.3) is 0 Å². The number of nitrogens with two attached hydrogens (primary N) is 1. The molecule has 32 heavy (non-hydrogen) atoms. The summed E-state index contributed by atoms with van der Waals surface area (Å²) in [5, 5.41) is 33.6. The zero-order valence-electron chi connectivity index (χ0n) is 17.7. The summed E-state index contributed by atoms with van der Waals surface area (Å²) in [5.74, 6) is -7.34. The predicted octanol–water partition coefficient (Wildman–Crippen LogP) is -1.83. The number of amides is 3. The summed E-state index contributed by atoms with van der Waals surface area (Å²) in [6.45, 7) is 3.34. The van der Waals surface area contributed by atoms with E-state index in [1.54, 1.807) is 13.8 Å². The molecular formula is C18H30N4O9S. The Bertz CT molecular complexity index is 719. The summed E-state index contributed by atoms with van der Waals surface area (Å²) in [6.07, 6.45) is -1.06. The fourth-order valence-corrected chi connectivity index (χ4v) is 2.72. The van der Waals surface area contributed by atoms with Crippen LogP contribution >= 0.6 is 12.6 Å². The fourth-order valence-electron chi connectivity index (χ4n) is 2.48. The van der Waals surface area contributed by atoms with Gasteiger partial charge in [0.15, 0.2) is 0 Å². The molecule has 0 rings (SSSR count). The largest absolute Gasteiger partial charge is 0.481 e. The first-order valence-corrected chi connectivity index (χ1v) is 10.4. The Morgan fingerprint density at radius 3 is 1.88 bits per heavy atom. The van der Waals surface area contributed by atoms with Gasteiger partial charge < -0.3 is 37.0 Å². The molecule has 0 saturated carbocycles. The number of hydrogen-bond acceptors (Lipinski definition) is 8. The minimum Gasteiger partial charge on any atom is -0.481 e. The molecule has 8 N–H and O–H groups in total. The number of hydrogen-bond donors (Lipinski definition) is 8. The molecule has 0 aliphatic carbocycles. The molecule has 5 unspecified atom stereocenters. The second kappa shape index (κ2) is 14.2. The third-order valence-corrected chi connectivity index (χ3v) is 4.97. The zero-order valence-corrected chi connectivity index (χ0v) is 18.6. The summed E-state index contributed by atoms with van der Waals surface area (Å²) in [7, 11) is 0. The van der Waals surface area contributed by atoms with Gasteiger partial charge in [-0.3, -0.25) is 24.0 Å². The normalized spacial score (nSPS) is 15.4. The van der Waals surface area contributed by atoms with Crippen LogP contribution < -0.4 is 21.7 Å². The third-order valence-electron chi connectivity index (χ3n) is 4.61. The smallest absolute Gasteiger partial charge is 0.327 e. The molecule has 14 heteroatoms. The van der Waals surface area contributed by atoms with E-state index in [4.69, 9.17) is 21.1 Å². The van der Waals surface area contributed by atoms with Gasteiger partial charge in [0, 0.05) is 12.2 Å². The number of nitrogens with one attached hydrogen (secondary N) is 3. The maximum atomic E-state index is 12.7. The van der Waals surface area contributed by atoms with Gasteiger partial charge in [-0.2, -0.15) is 12.6 Å². The van der Waals surface area contributed by atoms with Crippen molar-refractivity contribution in [2.75, 3.05) is 5.75 Å². The average Bonchev–Trinajstić information content (AvgIpc) is 2.71. The van der Waals surface area contributed by atoms with E-state index in [2.05, 4.69) is 28.6 Å². The first-order valence-electron chi connectivity index (χ1n) is 9.77. The highest BCUT2D eigenvalue weighted by Crippen LogP contribution is 2.10. The fraction of sp³-hybridized carbons (Fsp3) is 0.667. The van der Waals surface area contributed by atoms with Crippen LogP contribution in [0.5, 0.6) is 0 Å². The maximum absolute atomic E-state index is 12.7. The SMILES string of the molecule is CCC(C)C(NC(=O)C(CC(=O)O)NC(=O)C(N)CCC(=O)O)C(=O)NC(CS)C(=O)O. The highest BCUT2D eigenvalue weighted by Gasteiger charge is 2.33. The summed E-state index contributed by atoms with van der Waals surface area (Å²) in [6, 6.07) is -5.43. The van der Waals surface area contributed by atoms with E-state index in [0.29, 0.717) is 6.42 Å². The van der Waals surface area contributed by atoms with Gasteiger partial charge in [-0.05, 0) is 12.3 Å². The number of carboxylic acids is 3. The molecule has 0 aromatic heterocycles. The van der Waals surface area contributed by atoms with Gasteiger partial charge in [-0.1, -0.05) is 20.3 Å². The Morgan fingerprint density at radius 1 is 0.875 bits per heavy atom. The minimum absolute atomic E-state index is 0.200. The number of rotatable bonds is 15. The van der Waals surface area contributed by atoms with Gasteiger partial charge in [0.2, 0.25) is 17.7 Å². The number of thiol groups is 1. The van der Waals surface area contributed by atoms with Gasteiger partial charge in [0.1, 0.15) is 18.1 Å². The Labute approximate surface area is 189 Å². The number of carbonyl (C=O) groups excluding carboxylic acids is 3. The van der Waals surface area contributed by atoms with Gasteiger partial charge in [-0.25, -0.2) is 4.79 Å². The van der Waals surface area contributed by atoms with Crippen molar-refractivity contribution in [3.63, 3.8) is 0 Å². The van der Waals surface area contributed by atoms with Crippen molar-refractivity contribution in [2.24, 2.45) is 11.7 Å². The standard InChI is InChI=1S/C18H30N4O9S/c1-3-8(2)14(17(29)21-11(7-32)18(30)31)22-16(28)10(6-13(25)26)20-15(27)9(19)4-5-12(23)24/h8-11,14,32H,3-7,19H2,1-2H3,(H,20,27)(H,21,29)(H,22,28)(H,23,24)(H,25,26)(H,30,31). The van der Waals surface area contributed by atoms with E-state index in [1.807, 2.05) is 0 Å². The molecule has 0 aliphatic rings. The van der Waals surface area contributed by atoms with Crippen molar-refractivity contribution in [3.05, 3.63) is 0 Å². The Kier molecular flexibility index (Phi) is 13.0. The molecule has 0 heterocycles. The van der Waals surface area contributed by atoms with Crippen LogP contribution in [0.4, 0.5) is 0 Å². The molecule has 0 aliphatic heterocycles. The van der Waals surface area contributed by atoms with E-state index in [9.17, 15) is 28.8 Å². The molecule has 0 aromatic carbocycles. The van der Waals surface area contributed by atoms with Crippen LogP contribution in [-0.2, 0) is 28.8 Å². The second-order valence-corrected chi connectivity index (χ2v) is 7.52. The lowest BCUT2D eigenvalue weighted by Gasteiger charge is -2.27. The maximum Gasteiger partial charge on any atom is 0.327 e. The van der Waals surface area contributed by atoms with Crippen LogP contribution in [0.1, 0.15) is 39.5 Å².